The molecule has 0 amide bonds. The van der Waals surface area contributed by atoms with Gasteiger partial charge in [-0.2, -0.15) is 5.10 Å². The van der Waals surface area contributed by atoms with Crippen LogP contribution in [0.15, 0.2) is 0 Å². The molecule has 16 heavy (non-hydrogen) atoms. The number of β-amino-alcohol motifs (C(OH)–C–C–N with tert-alkyl or cyclic N) is 2. The summed E-state index contributed by atoms with van der Waals surface area (Å²) in [4.78, 5) is 1.98. The number of hydrogen-bond acceptors (Lipinski definition) is 4. The van der Waals surface area contributed by atoms with E-state index >= 15 is 0 Å². The summed E-state index contributed by atoms with van der Waals surface area (Å²) in [6.07, 6.45) is -1.31. The summed E-state index contributed by atoms with van der Waals surface area (Å²) in [5, 5.41) is 23.7. The van der Waals surface area contributed by atoms with Crippen molar-refractivity contribution in [1.82, 2.24) is 14.7 Å². The Balaban J connectivity index is 2.10. The third kappa shape index (κ3) is 2.08. The normalized spacial score (nSPS) is 26.6. The van der Waals surface area contributed by atoms with Gasteiger partial charge in [0.25, 0.3) is 0 Å². The molecule has 2 heterocycles. The number of likely N-dealkylation sites (tertiary alicyclic amines) is 1. The average Bonchev–Trinajstić information content (AvgIpc) is 2.63. The second-order valence-corrected chi connectivity index (χ2v) is 4.67. The van der Waals surface area contributed by atoms with E-state index in [-0.39, 0.29) is 0 Å². The Labute approximate surface area is 99.2 Å². The molecule has 0 bridgehead atoms. The van der Waals surface area contributed by atoms with Gasteiger partial charge in [-0.3, -0.25) is 9.58 Å². The van der Waals surface area contributed by atoms with Crippen LogP contribution < -0.4 is 0 Å². The smallest absolute Gasteiger partial charge is 0.131 e. The summed E-state index contributed by atoms with van der Waals surface area (Å²) >= 11 is 6.11. The van der Waals surface area contributed by atoms with Crippen LogP contribution >= 0.6 is 11.6 Å². The zero-order chi connectivity index (χ0) is 11.9. The molecule has 90 valence electrons. The first-order valence-electron chi connectivity index (χ1n) is 5.25. The van der Waals surface area contributed by atoms with Crippen LogP contribution in [0.3, 0.4) is 0 Å². The number of aryl methyl sites for hydroxylation is 2. The molecule has 0 radical (unpaired) electrons. The van der Waals surface area contributed by atoms with Crippen LogP contribution in [0.25, 0.3) is 0 Å². The van der Waals surface area contributed by atoms with E-state index in [1.165, 1.54) is 0 Å². The first-order chi connectivity index (χ1) is 7.49. The predicted octanol–water partition coefficient (Wildman–Crippen LogP) is -0.0807. The lowest BCUT2D eigenvalue weighted by molar-refractivity contribution is 0.0572. The third-order valence-electron chi connectivity index (χ3n) is 2.99. The monoisotopic (exact) mass is 245 g/mol. The van der Waals surface area contributed by atoms with Gasteiger partial charge in [-0.15, -0.1) is 0 Å². The number of hydrogen-bond donors (Lipinski definition) is 2. The summed E-state index contributed by atoms with van der Waals surface area (Å²) < 4.78 is 1.63. The van der Waals surface area contributed by atoms with Gasteiger partial charge in [0.15, 0.2) is 0 Å². The summed E-state index contributed by atoms with van der Waals surface area (Å²) in [5.41, 5.74) is 1.86. The molecular formula is C10H16ClN3O2. The van der Waals surface area contributed by atoms with Crippen molar-refractivity contribution in [2.45, 2.75) is 25.7 Å². The SMILES string of the molecule is Cc1nn(C)c(Cl)c1CN1C[C@@H](O)[C@@H](O)C1. The topological polar surface area (TPSA) is 61.5 Å². The maximum Gasteiger partial charge on any atom is 0.131 e. The van der Waals surface area contributed by atoms with Crippen molar-refractivity contribution in [3.8, 4) is 0 Å². The number of nitrogens with zero attached hydrogens (tertiary/aromatic N) is 3. The zero-order valence-corrected chi connectivity index (χ0v) is 10.1. The van der Waals surface area contributed by atoms with Gasteiger partial charge in [-0.1, -0.05) is 11.6 Å². The lowest BCUT2D eigenvalue weighted by Gasteiger charge is -2.14. The van der Waals surface area contributed by atoms with Crippen LogP contribution in [0, 0.1) is 6.92 Å². The molecule has 0 aromatic carbocycles. The summed E-state index contributed by atoms with van der Waals surface area (Å²) in [5.74, 6) is 0. The Kier molecular flexibility index (Phi) is 3.21. The molecule has 1 aromatic rings. The zero-order valence-electron chi connectivity index (χ0n) is 9.39. The maximum absolute atomic E-state index is 9.44. The standard InChI is InChI=1S/C10H16ClN3O2/c1-6-7(10(11)13(2)12-6)3-14-4-8(15)9(16)5-14/h8-9,15-16H,3-5H2,1-2H3/t8-,9+. The largest absolute Gasteiger partial charge is 0.389 e. The van der Waals surface area contributed by atoms with E-state index in [1.807, 2.05) is 11.8 Å². The summed E-state index contributed by atoms with van der Waals surface area (Å²) in [6.45, 7) is 3.48. The minimum Gasteiger partial charge on any atom is -0.389 e. The van der Waals surface area contributed by atoms with E-state index in [2.05, 4.69) is 5.10 Å². The first-order valence-corrected chi connectivity index (χ1v) is 5.63. The lowest BCUT2D eigenvalue weighted by atomic mass is 10.2. The Morgan fingerprint density at radius 3 is 2.38 bits per heavy atom. The Morgan fingerprint density at radius 2 is 1.94 bits per heavy atom. The number of aliphatic hydroxyl groups excluding tert-OH is 2. The molecule has 1 saturated heterocycles. The highest BCUT2D eigenvalue weighted by Gasteiger charge is 2.30. The second kappa shape index (κ2) is 4.33. The third-order valence-corrected chi connectivity index (χ3v) is 3.46. The van der Waals surface area contributed by atoms with E-state index in [1.54, 1.807) is 11.7 Å². The molecule has 0 spiro atoms. The van der Waals surface area contributed by atoms with Crippen molar-refractivity contribution < 1.29 is 10.2 Å². The molecule has 2 rings (SSSR count). The van der Waals surface area contributed by atoms with E-state index in [0.717, 1.165) is 11.3 Å². The number of rotatable bonds is 2. The Bertz CT molecular complexity index is 384. The highest BCUT2D eigenvalue weighted by molar-refractivity contribution is 6.30. The van der Waals surface area contributed by atoms with Gasteiger partial charge < -0.3 is 10.2 Å². The summed E-state index contributed by atoms with van der Waals surface area (Å²) in [7, 11) is 1.80. The van der Waals surface area contributed by atoms with Crippen molar-refractivity contribution in [3.63, 3.8) is 0 Å². The number of aromatic nitrogens is 2. The minimum atomic E-state index is -0.657. The van der Waals surface area contributed by atoms with Gasteiger partial charge in [0.05, 0.1) is 17.9 Å². The molecule has 2 atom stereocenters. The molecule has 1 aliphatic rings. The van der Waals surface area contributed by atoms with Crippen LogP contribution in [0.1, 0.15) is 11.3 Å². The van der Waals surface area contributed by atoms with Crippen molar-refractivity contribution in [3.05, 3.63) is 16.4 Å². The van der Waals surface area contributed by atoms with E-state index in [9.17, 15) is 10.2 Å². The number of aliphatic hydroxyl groups is 2. The van der Waals surface area contributed by atoms with Gasteiger partial charge in [0, 0.05) is 32.2 Å². The molecule has 2 N–H and O–H groups in total. The fourth-order valence-electron chi connectivity index (χ4n) is 2.05. The van der Waals surface area contributed by atoms with Crippen molar-refractivity contribution >= 4 is 11.6 Å². The second-order valence-electron chi connectivity index (χ2n) is 4.31. The van der Waals surface area contributed by atoms with Gasteiger partial charge in [0.1, 0.15) is 5.15 Å². The molecular weight excluding hydrogens is 230 g/mol. The van der Waals surface area contributed by atoms with Crippen LogP contribution in [-0.2, 0) is 13.6 Å². The molecule has 1 aromatic heterocycles. The predicted molar refractivity (Wildman–Crippen MR) is 60.2 cm³/mol. The lowest BCUT2D eigenvalue weighted by Crippen LogP contribution is -2.22. The fourth-order valence-corrected chi connectivity index (χ4v) is 2.29. The summed E-state index contributed by atoms with van der Waals surface area (Å²) in [6, 6.07) is 0. The van der Waals surface area contributed by atoms with Crippen molar-refractivity contribution in [1.29, 1.82) is 0 Å². The molecule has 0 aliphatic carbocycles. The van der Waals surface area contributed by atoms with E-state index < -0.39 is 12.2 Å². The van der Waals surface area contributed by atoms with Gasteiger partial charge in [-0.25, -0.2) is 0 Å². The molecule has 0 unspecified atom stereocenters. The van der Waals surface area contributed by atoms with Crippen LogP contribution in [0.5, 0.6) is 0 Å². The first kappa shape index (κ1) is 11.9. The molecule has 5 nitrogen and oxygen atoms in total. The van der Waals surface area contributed by atoms with E-state index in [4.69, 9.17) is 11.6 Å². The van der Waals surface area contributed by atoms with Gasteiger partial charge >= 0.3 is 0 Å². The van der Waals surface area contributed by atoms with Crippen molar-refractivity contribution in [2.75, 3.05) is 13.1 Å². The van der Waals surface area contributed by atoms with E-state index in [0.29, 0.717) is 24.8 Å². The average molecular weight is 246 g/mol. The van der Waals surface area contributed by atoms with Gasteiger partial charge in [0.2, 0.25) is 0 Å². The highest BCUT2D eigenvalue weighted by atomic mass is 35.5. The van der Waals surface area contributed by atoms with Crippen LogP contribution in [-0.4, -0.2) is 50.2 Å². The quantitative estimate of drug-likeness (QED) is 0.765. The Morgan fingerprint density at radius 1 is 1.38 bits per heavy atom. The molecule has 1 fully saturated rings. The number of halogens is 1. The molecule has 6 heteroatoms. The van der Waals surface area contributed by atoms with Gasteiger partial charge in [-0.05, 0) is 6.92 Å². The Hall–Kier alpha value is -0.620. The van der Waals surface area contributed by atoms with Crippen LogP contribution in [0.4, 0.5) is 0 Å². The minimum absolute atomic E-state index is 0.478. The van der Waals surface area contributed by atoms with Crippen molar-refractivity contribution in [2.24, 2.45) is 7.05 Å². The maximum atomic E-state index is 9.44. The van der Waals surface area contributed by atoms with Crippen LogP contribution in [0.2, 0.25) is 5.15 Å². The highest BCUT2D eigenvalue weighted by Crippen LogP contribution is 2.22. The molecule has 0 saturated carbocycles. The fraction of sp³-hybridized carbons (Fsp3) is 0.700. The molecule has 1 aliphatic heterocycles.